The molecule has 0 amide bonds. The molecule has 0 spiro atoms. The van der Waals surface area contributed by atoms with Crippen LogP contribution in [0.5, 0.6) is 0 Å². The Hall–Kier alpha value is -1.07. The highest BCUT2D eigenvalue weighted by atomic mass is 35.5. The lowest BCUT2D eigenvalue weighted by Gasteiger charge is -2.15. The summed E-state index contributed by atoms with van der Waals surface area (Å²) in [6, 6.07) is -0.0165. The van der Waals surface area contributed by atoms with Crippen LogP contribution in [0, 0.1) is 0 Å². The quantitative estimate of drug-likeness (QED) is 0.587. The first-order valence-electron chi connectivity index (χ1n) is 4.21. The predicted molar refractivity (Wildman–Crippen MR) is 56.5 cm³/mol. The monoisotopic (exact) mass is 216 g/mol. The maximum absolute atomic E-state index is 11.6. The summed E-state index contributed by atoms with van der Waals surface area (Å²) < 4.78 is 1.31. The van der Waals surface area contributed by atoms with Gasteiger partial charge in [0.25, 0.3) is 5.56 Å². The summed E-state index contributed by atoms with van der Waals surface area (Å²) in [5, 5.41) is 5.32. The minimum atomic E-state index is -0.323. The van der Waals surface area contributed by atoms with Gasteiger partial charge in [0, 0.05) is 7.05 Å². The van der Waals surface area contributed by atoms with E-state index in [2.05, 4.69) is 5.10 Å². The first kappa shape index (κ1) is 11.0. The Balaban J connectivity index is 3.34. The summed E-state index contributed by atoms with van der Waals surface area (Å²) in [7, 11) is 1.60. The zero-order valence-electron chi connectivity index (χ0n) is 8.36. The Morgan fingerprint density at radius 1 is 1.64 bits per heavy atom. The fourth-order valence-corrected chi connectivity index (χ4v) is 1.32. The van der Waals surface area contributed by atoms with E-state index in [1.165, 1.54) is 15.9 Å². The van der Waals surface area contributed by atoms with Crippen LogP contribution in [0.4, 0.5) is 5.69 Å². The Labute approximate surface area is 87.0 Å². The van der Waals surface area contributed by atoms with Crippen molar-refractivity contribution in [2.24, 2.45) is 5.84 Å². The fourth-order valence-electron chi connectivity index (χ4n) is 1.05. The number of halogens is 1. The van der Waals surface area contributed by atoms with Gasteiger partial charge in [-0.1, -0.05) is 11.6 Å². The molecule has 0 aliphatic heterocycles. The number of nitrogens with two attached hydrogens (primary N) is 1. The minimum Gasteiger partial charge on any atom is -0.311 e. The van der Waals surface area contributed by atoms with E-state index in [4.69, 9.17) is 17.4 Å². The predicted octanol–water partition coefficient (Wildman–Crippen LogP) is 0.787. The number of hydrazine groups is 1. The van der Waals surface area contributed by atoms with Crippen LogP contribution in [0.25, 0.3) is 0 Å². The fraction of sp³-hybridized carbons (Fsp3) is 0.500. The molecule has 1 aromatic rings. The normalized spacial score (nSPS) is 10.7. The van der Waals surface area contributed by atoms with Crippen molar-refractivity contribution in [2.45, 2.75) is 19.9 Å². The van der Waals surface area contributed by atoms with Gasteiger partial charge in [-0.05, 0) is 13.8 Å². The smallest absolute Gasteiger partial charge is 0.287 e. The molecule has 0 aromatic carbocycles. The second-order valence-electron chi connectivity index (χ2n) is 3.30. The van der Waals surface area contributed by atoms with Gasteiger partial charge >= 0.3 is 0 Å². The first-order valence-corrected chi connectivity index (χ1v) is 4.58. The van der Waals surface area contributed by atoms with Crippen LogP contribution in [-0.4, -0.2) is 16.8 Å². The van der Waals surface area contributed by atoms with Crippen molar-refractivity contribution in [3.8, 4) is 0 Å². The van der Waals surface area contributed by atoms with Gasteiger partial charge in [0.1, 0.15) is 5.02 Å². The van der Waals surface area contributed by atoms with Crippen LogP contribution in [0.15, 0.2) is 11.0 Å². The highest BCUT2D eigenvalue weighted by molar-refractivity contribution is 6.32. The molecule has 0 radical (unpaired) electrons. The highest BCUT2D eigenvalue weighted by Crippen LogP contribution is 2.17. The van der Waals surface area contributed by atoms with E-state index in [0.29, 0.717) is 5.69 Å². The molecule has 1 rings (SSSR count). The number of aromatic nitrogens is 2. The van der Waals surface area contributed by atoms with Crippen LogP contribution in [-0.2, 0) is 0 Å². The van der Waals surface area contributed by atoms with Crippen molar-refractivity contribution in [1.82, 2.24) is 9.78 Å². The van der Waals surface area contributed by atoms with Crippen molar-refractivity contribution >= 4 is 17.3 Å². The topological polar surface area (TPSA) is 64.2 Å². The van der Waals surface area contributed by atoms with Crippen molar-refractivity contribution in [3.05, 3.63) is 21.6 Å². The van der Waals surface area contributed by atoms with Crippen LogP contribution in [0.2, 0.25) is 5.02 Å². The molecule has 2 N–H and O–H groups in total. The second kappa shape index (κ2) is 3.98. The van der Waals surface area contributed by atoms with Gasteiger partial charge < -0.3 is 5.01 Å². The van der Waals surface area contributed by atoms with Crippen molar-refractivity contribution in [3.63, 3.8) is 0 Å². The van der Waals surface area contributed by atoms with Crippen molar-refractivity contribution in [2.75, 3.05) is 12.1 Å². The number of hydrogen-bond donors (Lipinski definition) is 1. The molecule has 78 valence electrons. The van der Waals surface area contributed by atoms with E-state index in [1.807, 2.05) is 13.8 Å². The molecule has 6 heteroatoms. The highest BCUT2D eigenvalue weighted by Gasteiger charge is 2.12. The lowest BCUT2D eigenvalue weighted by molar-refractivity contribution is 0.502. The molecule has 1 heterocycles. The standard InChI is InChI=1S/C8H13ClN4O/c1-5(2)13-8(14)7(9)6(4-11-13)12(3)10/h4-5H,10H2,1-3H3. The molecule has 0 bridgehead atoms. The Bertz CT molecular complexity index is 385. The van der Waals surface area contributed by atoms with E-state index >= 15 is 0 Å². The van der Waals surface area contributed by atoms with Gasteiger partial charge in [-0.3, -0.25) is 4.79 Å². The number of rotatable bonds is 2. The average Bonchev–Trinajstić information content (AvgIpc) is 2.08. The molecule has 0 aliphatic rings. The van der Waals surface area contributed by atoms with Gasteiger partial charge in [-0.15, -0.1) is 0 Å². The van der Waals surface area contributed by atoms with E-state index in [0.717, 1.165) is 0 Å². The molecule has 0 saturated heterocycles. The number of hydrogen-bond acceptors (Lipinski definition) is 4. The van der Waals surface area contributed by atoms with E-state index in [9.17, 15) is 4.79 Å². The zero-order chi connectivity index (χ0) is 10.9. The summed E-state index contributed by atoms with van der Waals surface area (Å²) in [4.78, 5) is 11.6. The van der Waals surface area contributed by atoms with Crippen LogP contribution in [0.1, 0.15) is 19.9 Å². The molecule has 0 saturated carbocycles. The largest absolute Gasteiger partial charge is 0.311 e. The third-order valence-corrected chi connectivity index (χ3v) is 2.15. The molecule has 0 fully saturated rings. The van der Waals surface area contributed by atoms with E-state index < -0.39 is 0 Å². The lowest BCUT2D eigenvalue weighted by Crippen LogP contribution is -2.31. The molecular weight excluding hydrogens is 204 g/mol. The van der Waals surface area contributed by atoms with E-state index in [-0.39, 0.29) is 16.6 Å². The van der Waals surface area contributed by atoms with Crippen LogP contribution >= 0.6 is 11.6 Å². The Kier molecular flexibility index (Phi) is 3.13. The minimum absolute atomic E-state index is 0.0165. The molecule has 14 heavy (non-hydrogen) atoms. The summed E-state index contributed by atoms with van der Waals surface area (Å²) in [6.07, 6.45) is 1.48. The van der Waals surface area contributed by atoms with Crippen molar-refractivity contribution in [1.29, 1.82) is 0 Å². The van der Waals surface area contributed by atoms with Gasteiger partial charge in [0.15, 0.2) is 0 Å². The maximum atomic E-state index is 11.6. The molecule has 0 aliphatic carbocycles. The third kappa shape index (κ3) is 1.88. The first-order chi connectivity index (χ1) is 6.45. The second-order valence-corrected chi connectivity index (χ2v) is 3.68. The van der Waals surface area contributed by atoms with Crippen molar-refractivity contribution < 1.29 is 0 Å². The number of nitrogens with zero attached hydrogens (tertiary/aromatic N) is 3. The molecule has 5 nitrogen and oxygen atoms in total. The maximum Gasteiger partial charge on any atom is 0.287 e. The molecule has 1 aromatic heterocycles. The molecule has 0 unspecified atom stereocenters. The summed E-state index contributed by atoms with van der Waals surface area (Å²) in [6.45, 7) is 3.72. The molecular formula is C8H13ClN4O. The number of anilines is 1. The lowest BCUT2D eigenvalue weighted by atomic mass is 10.4. The Morgan fingerprint density at radius 3 is 2.64 bits per heavy atom. The van der Waals surface area contributed by atoms with Crippen LogP contribution < -0.4 is 16.4 Å². The summed E-state index contributed by atoms with van der Waals surface area (Å²) in [5.74, 6) is 5.47. The van der Waals surface area contributed by atoms with Gasteiger partial charge in [0.2, 0.25) is 0 Å². The third-order valence-electron chi connectivity index (χ3n) is 1.79. The SMILES string of the molecule is CC(C)n1ncc(N(C)N)c(Cl)c1=O. The zero-order valence-corrected chi connectivity index (χ0v) is 9.12. The average molecular weight is 217 g/mol. The van der Waals surface area contributed by atoms with Gasteiger partial charge in [-0.25, -0.2) is 10.5 Å². The van der Waals surface area contributed by atoms with Gasteiger partial charge in [0.05, 0.1) is 17.9 Å². The summed E-state index contributed by atoms with van der Waals surface area (Å²) >= 11 is 5.84. The van der Waals surface area contributed by atoms with Crippen LogP contribution in [0.3, 0.4) is 0 Å². The summed E-state index contributed by atoms with van der Waals surface area (Å²) in [5.41, 5.74) is 0.102. The Morgan fingerprint density at radius 2 is 2.21 bits per heavy atom. The molecule has 0 atom stereocenters. The van der Waals surface area contributed by atoms with E-state index in [1.54, 1.807) is 7.05 Å². The van der Waals surface area contributed by atoms with Gasteiger partial charge in [-0.2, -0.15) is 5.10 Å².